The Morgan fingerprint density at radius 3 is 2.75 bits per heavy atom. The van der Waals surface area contributed by atoms with Crippen LogP contribution in [0.1, 0.15) is 17.5 Å². The van der Waals surface area contributed by atoms with Gasteiger partial charge in [-0.15, -0.1) is 0 Å². The Labute approximate surface area is 125 Å². The van der Waals surface area contributed by atoms with Crippen LogP contribution in [-0.4, -0.2) is 39.2 Å². The number of methoxy groups -OCH3 is 1. The van der Waals surface area contributed by atoms with Gasteiger partial charge >= 0.3 is 0 Å². The predicted octanol–water partition coefficient (Wildman–Crippen LogP) is 2.10. The third kappa shape index (κ3) is 3.36. The number of aryl methyl sites for hydroxylation is 2. The zero-order valence-corrected chi connectivity index (χ0v) is 13.7. The van der Waals surface area contributed by atoms with Crippen molar-refractivity contribution in [3.8, 4) is 0 Å². The van der Waals surface area contributed by atoms with Gasteiger partial charge in [0.2, 0.25) is 10.0 Å². The van der Waals surface area contributed by atoms with E-state index in [4.69, 9.17) is 4.74 Å². The molecule has 1 heterocycles. The van der Waals surface area contributed by atoms with Gasteiger partial charge in [0, 0.05) is 19.4 Å². The number of rotatable bonds is 5. The lowest BCUT2D eigenvalue weighted by atomic mass is 10.0. The van der Waals surface area contributed by atoms with E-state index in [0.717, 1.165) is 29.1 Å². The lowest BCUT2D eigenvalue weighted by Gasteiger charge is -2.26. The van der Waals surface area contributed by atoms with Crippen molar-refractivity contribution >= 4 is 21.8 Å². The molecule has 1 N–H and O–H groups in total. The first-order valence-electron chi connectivity index (χ1n) is 6.58. The average molecular weight is 315 g/mol. The summed E-state index contributed by atoms with van der Waals surface area (Å²) in [6.45, 7) is 4.03. The molecule has 1 aromatic rings. The molecule has 0 spiro atoms. The number of hydrogen-bond donors (Lipinski definition) is 1. The van der Waals surface area contributed by atoms with E-state index < -0.39 is 10.0 Å². The molecular formula is C14H21NO3S2. The van der Waals surface area contributed by atoms with Gasteiger partial charge in [-0.1, -0.05) is 12.1 Å². The van der Waals surface area contributed by atoms with Gasteiger partial charge in [-0.05, 0) is 43.2 Å². The molecule has 1 aliphatic heterocycles. The van der Waals surface area contributed by atoms with Crippen molar-refractivity contribution < 1.29 is 13.2 Å². The molecule has 1 saturated heterocycles. The van der Waals surface area contributed by atoms with Crippen LogP contribution < -0.4 is 4.72 Å². The molecule has 0 radical (unpaired) electrons. The molecule has 1 aliphatic rings. The Hall–Kier alpha value is -0.560. The monoisotopic (exact) mass is 315 g/mol. The van der Waals surface area contributed by atoms with E-state index in [1.54, 1.807) is 24.9 Å². The maximum Gasteiger partial charge on any atom is 0.240 e. The lowest BCUT2D eigenvalue weighted by molar-refractivity contribution is 0.0179. The maximum atomic E-state index is 12.4. The van der Waals surface area contributed by atoms with Gasteiger partial charge < -0.3 is 4.74 Å². The fourth-order valence-electron chi connectivity index (χ4n) is 2.26. The molecule has 0 bridgehead atoms. The summed E-state index contributed by atoms with van der Waals surface area (Å²) >= 11 is 1.80. The van der Waals surface area contributed by atoms with E-state index in [1.165, 1.54) is 0 Å². The minimum Gasteiger partial charge on any atom is -0.376 e. The standard InChI is InChI=1S/C14H21NO3S2/c1-11-4-5-12(2)13(8-11)20(16,17)15-9-14(18-3)6-7-19-10-14/h4-5,8,15H,6-7,9-10H2,1-3H3. The summed E-state index contributed by atoms with van der Waals surface area (Å²) < 4.78 is 33.1. The van der Waals surface area contributed by atoms with Crippen LogP contribution in [0.25, 0.3) is 0 Å². The first-order valence-corrected chi connectivity index (χ1v) is 9.22. The third-order valence-electron chi connectivity index (χ3n) is 3.72. The minimum absolute atomic E-state index is 0.326. The number of thioether (sulfide) groups is 1. The second kappa shape index (κ2) is 6.05. The van der Waals surface area contributed by atoms with Crippen LogP contribution in [0.15, 0.2) is 23.1 Å². The van der Waals surface area contributed by atoms with Crippen LogP contribution in [0.4, 0.5) is 0 Å². The molecule has 4 nitrogen and oxygen atoms in total. The zero-order chi connectivity index (χ0) is 14.8. The Morgan fingerprint density at radius 1 is 1.40 bits per heavy atom. The molecule has 0 aliphatic carbocycles. The average Bonchev–Trinajstić information content (AvgIpc) is 2.89. The summed E-state index contributed by atoms with van der Waals surface area (Å²) in [5.41, 5.74) is 1.33. The molecule has 1 atom stereocenters. The highest BCUT2D eigenvalue weighted by Crippen LogP contribution is 2.30. The molecule has 0 aromatic heterocycles. The lowest BCUT2D eigenvalue weighted by Crippen LogP contribution is -2.44. The normalized spacial score (nSPS) is 23.1. The summed E-state index contributed by atoms with van der Waals surface area (Å²) in [6.07, 6.45) is 0.878. The second-order valence-corrected chi connectivity index (χ2v) is 8.12. The zero-order valence-electron chi connectivity index (χ0n) is 12.1. The van der Waals surface area contributed by atoms with Crippen molar-refractivity contribution in [1.82, 2.24) is 4.72 Å². The van der Waals surface area contributed by atoms with Crippen LogP contribution >= 0.6 is 11.8 Å². The van der Waals surface area contributed by atoms with Crippen molar-refractivity contribution in [2.24, 2.45) is 0 Å². The van der Waals surface area contributed by atoms with Gasteiger partial charge in [0.05, 0.1) is 10.5 Å². The van der Waals surface area contributed by atoms with Crippen LogP contribution in [0.5, 0.6) is 0 Å². The van der Waals surface area contributed by atoms with Gasteiger partial charge in [0.15, 0.2) is 0 Å². The Morgan fingerprint density at radius 2 is 2.15 bits per heavy atom. The summed E-state index contributed by atoms with van der Waals surface area (Å²) in [5, 5.41) is 0. The molecular weight excluding hydrogens is 294 g/mol. The highest BCUT2D eigenvalue weighted by molar-refractivity contribution is 7.99. The Bertz CT molecular complexity index is 578. The number of hydrogen-bond acceptors (Lipinski definition) is 4. The molecule has 0 saturated carbocycles. The molecule has 1 fully saturated rings. The maximum absolute atomic E-state index is 12.4. The summed E-state index contributed by atoms with van der Waals surface area (Å²) in [6, 6.07) is 5.46. The van der Waals surface area contributed by atoms with Crippen LogP contribution in [0, 0.1) is 13.8 Å². The molecule has 6 heteroatoms. The van der Waals surface area contributed by atoms with Crippen molar-refractivity contribution in [3.05, 3.63) is 29.3 Å². The Kier molecular flexibility index (Phi) is 4.79. The van der Waals surface area contributed by atoms with Gasteiger partial charge in [0.25, 0.3) is 0 Å². The fourth-order valence-corrected chi connectivity index (χ4v) is 5.10. The smallest absolute Gasteiger partial charge is 0.240 e. The van der Waals surface area contributed by atoms with E-state index >= 15 is 0 Å². The van der Waals surface area contributed by atoms with Gasteiger partial charge in [-0.2, -0.15) is 11.8 Å². The van der Waals surface area contributed by atoms with Gasteiger partial charge in [-0.25, -0.2) is 13.1 Å². The minimum atomic E-state index is -3.49. The highest BCUT2D eigenvalue weighted by Gasteiger charge is 2.35. The first-order chi connectivity index (χ1) is 9.38. The summed E-state index contributed by atoms with van der Waals surface area (Å²) in [4.78, 5) is 0.356. The molecule has 20 heavy (non-hydrogen) atoms. The van der Waals surface area contributed by atoms with E-state index in [-0.39, 0.29) is 5.60 Å². The predicted molar refractivity (Wildman–Crippen MR) is 82.8 cm³/mol. The second-order valence-electron chi connectivity index (χ2n) is 5.28. The van der Waals surface area contributed by atoms with Crippen molar-refractivity contribution in [1.29, 1.82) is 0 Å². The van der Waals surface area contributed by atoms with Crippen LogP contribution in [0.3, 0.4) is 0 Å². The first kappa shape index (κ1) is 15.8. The molecule has 1 unspecified atom stereocenters. The molecule has 0 amide bonds. The van der Waals surface area contributed by atoms with Gasteiger partial charge in [0.1, 0.15) is 0 Å². The van der Waals surface area contributed by atoms with E-state index in [9.17, 15) is 8.42 Å². The number of benzene rings is 1. The summed E-state index contributed by atoms with van der Waals surface area (Å²) in [5.74, 6) is 1.85. The van der Waals surface area contributed by atoms with Crippen LogP contribution in [-0.2, 0) is 14.8 Å². The molecule has 112 valence electrons. The fraction of sp³-hybridized carbons (Fsp3) is 0.571. The number of ether oxygens (including phenoxy) is 1. The van der Waals surface area contributed by atoms with E-state index in [2.05, 4.69) is 4.72 Å². The third-order valence-corrected chi connectivity index (χ3v) is 6.48. The van der Waals surface area contributed by atoms with E-state index in [0.29, 0.717) is 11.4 Å². The SMILES string of the molecule is COC1(CNS(=O)(=O)c2cc(C)ccc2C)CCSC1. The topological polar surface area (TPSA) is 55.4 Å². The number of sulfonamides is 1. The van der Waals surface area contributed by atoms with Gasteiger partial charge in [-0.3, -0.25) is 0 Å². The Balaban J connectivity index is 2.17. The molecule has 2 rings (SSSR count). The number of nitrogens with one attached hydrogen (secondary N) is 1. The molecule has 1 aromatic carbocycles. The van der Waals surface area contributed by atoms with Crippen LogP contribution in [0.2, 0.25) is 0 Å². The van der Waals surface area contributed by atoms with Crippen molar-refractivity contribution in [2.75, 3.05) is 25.2 Å². The van der Waals surface area contributed by atoms with E-state index in [1.807, 2.05) is 26.0 Å². The highest BCUT2D eigenvalue weighted by atomic mass is 32.2. The van der Waals surface area contributed by atoms with Crippen molar-refractivity contribution in [3.63, 3.8) is 0 Å². The quantitative estimate of drug-likeness (QED) is 0.904. The largest absolute Gasteiger partial charge is 0.376 e. The van der Waals surface area contributed by atoms with Crippen molar-refractivity contribution in [2.45, 2.75) is 30.8 Å². The summed E-state index contributed by atoms with van der Waals surface area (Å²) in [7, 11) is -1.84.